The molecular formula is C44H53N11O4Si. The summed E-state index contributed by atoms with van der Waals surface area (Å²) in [6.07, 6.45) is 17.8. The number of nitrogens with zero attached hydrogens (tertiary/aromatic N) is 8. The van der Waals surface area contributed by atoms with Crippen LogP contribution in [0, 0.1) is 23.7 Å². The number of fused-ring (bicyclic) bond motifs is 2. The van der Waals surface area contributed by atoms with Gasteiger partial charge in [-0.05, 0) is 80.0 Å². The SMILES string of the molecule is C.C#Cc1cccc(Cn2cc(N)cn2)c1.C[Si](C)(C)CCOCn1nc(C(=O)O)c2c1CCC2.N#Cc1cccc(Cn2cc(NC(=O)c3n[nH]c4c3CCC4)cn2)c1. The Balaban J connectivity index is 0.000000175. The van der Waals surface area contributed by atoms with E-state index in [-0.39, 0.29) is 19.0 Å². The lowest BCUT2D eigenvalue weighted by Gasteiger charge is -2.15. The molecule has 312 valence electrons. The minimum Gasteiger partial charge on any atom is -0.476 e. The molecule has 2 aliphatic carbocycles. The predicted molar refractivity (Wildman–Crippen MR) is 233 cm³/mol. The van der Waals surface area contributed by atoms with Crippen LogP contribution in [0.4, 0.5) is 11.4 Å². The van der Waals surface area contributed by atoms with E-state index in [1.165, 1.54) is 0 Å². The first-order chi connectivity index (χ1) is 28.4. The number of aromatic nitrogens is 8. The smallest absolute Gasteiger partial charge is 0.356 e. The first kappa shape index (κ1) is 44.4. The molecule has 0 fully saturated rings. The number of aromatic amines is 1. The van der Waals surface area contributed by atoms with Crippen LogP contribution in [0.3, 0.4) is 0 Å². The molecule has 0 spiro atoms. The van der Waals surface area contributed by atoms with Crippen molar-refractivity contribution >= 4 is 31.3 Å². The summed E-state index contributed by atoms with van der Waals surface area (Å²) < 4.78 is 10.9. The number of benzene rings is 2. The normalized spacial score (nSPS) is 12.3. The molecule has 0 saturated carbocycles. The van der Waals surface area contributed by atoms with Gasteiger partial charge in [0.05, 0.1) is 48.5 Å². The van der Waals surface area contributed by atoms with E-state index < -0.39 is 14.0 Å². The van der Waals surface area contributed by atoms with Gasteiger partial charge in [0, 0.05) is 55.2 Å². The highest BCUT2D eigenvalue weighted by Gasteiger charge is 2.26. The van der Waals surface area contributed by atoms with Crippen LogP contribution < -0.4 is 11.1 Å². The third-order valence-electron chi connectivity index (χ3n) is 9.82. The molecule has 16 heteroatoms. The summed E-state index contributed by atoms with van der Waals surface area (Å²) in [6, 6.07) is 18.4. The summed E-state index contributed by atoms with van der Waals surface area (Å²) >= 11 is 0. The average Bonchev–Trinajstić information content (AvgIpc) is 4.06. The molecular weight excluding hydrogens is 775 g/mol. The molecule has 0 radical (unpaired) electrons. The van der Waals surface area contributed by atoms with Gasteiger partial charge in [-0.3, -0.25) is 19.3 Å². The summed E-state index contributed by atoms with van der Waals surface area (Å²) in [5, 5.41) is 40.6. The van der Waals surface area contributed by atoms with E-state index in [2.05, 4.69) is 62.4 Å². The van der Waals surface area contributed by atoms with Crippen molar-refractivity contribution in [1.29, 1.82) is 5.26 Å². The largest absolute Gasteiger partial charge is 0.476 e. The number of carbonyl (C=O) groups excluding carboxylic acids is 1. The second-order valence-electron chi connectivity index (χ2n) is 15.7. The van der Waals surface area contributed by atoms with E-state index in [0.29, 0.717) is 42.5 Å². The molecule has 5 N–H and O–H groups in total. The van der Waals surface area contributed by atoms with Gasteiger partial charge in [-0.1, -0.05) is 57.3 Å². The first-order valence-corrected chi connectivity index (χ1v) is 23.2. The molecule has 4 heterocycles. The number of nitrogens with one attached hydrogen (secondary N) is 2. The van der Waals surface area contributed by atoms with Gasteiger partial charge in [0.1, 0.15) is 6.73 Å². The van der Waals surface area contributed by atoms with E-state index in [0.717, 1.165) is 90.4 Å². The highest BCUT2D eigenvalue weighted by atomic mass is 28.3. The van der Waals surface area contributed by atoms with Crippen molar-refractivity contribution in [2.24, 2.45) is 0 Å². The average molecular weight is 828 g/mol. The molecule has 15 nitrogen and oxygen atoms in total. The number of nitriles is 1. The summed E-state index contributed by atoms with van der Waals surface area (Å²) in [5.41, 5.74) is 15.2. The molecule has 0 unspecified atom stereocenters. The number of anilines is 2. The zero-order valence-electron chi connectivity index (χ0n) is 33.6. The van der Waals surface area contributed by atoms with Gasteiger partial charge >= 0.3 is 5.97 Å². The Morgan fingerprint density at radius 2 is 1.62 bits per heavy atom. The number of nitrogens with two attached hydrogens (primary N) is 1. The number of terminal acetylenes is 1. The van der Waals surface area contributed by atoms with Crippen molar-refractivity contribution in [3.63, 3.8) is 0 Å². The lowest BCUT2D eigenvalue weighted by molar-refractivity contribution is 0.0667. The topological polar surface area (TPSA) is 208 Å². The molecule has 8 rings (SSSR count). The zero-order valence-corrected chi connectivity index (χ0v) is 34.6. The minimum atomic E-state index is -1.08. The molecule has 0 atom stereocenters. The number of amides is 1. The van der Waals surface area contributed by atoms with E-state index in [1.54, 1.807) is 44.9 Å². The molecule has 0 aliphatic heterocycles. The molecule has 1 amide bonds. The standard InChI is InChI=1S/C18H16N6O.C13H22N2O3Si.C12H11N3.CH4/c19-8-12-3-1-4-13(7-12)10-24-11-14(9-20-24)21-18(25)17-15-5-2-6-16(15)22-23-17;1-19(2,3)8-7-18-9-15-11-6-4-5-10(11)12(14-15)13(16)17;1-2-10-4-3-5-11(6-10)8-15-9-12(13)7-14-15;/h1,3-4,7,9,11H,2,5-6,10H2,(H,21,25)(H,22,23);4-9H2,1-3H3,(H,16,17);1,3-7,9H,8,13H2;1H4. The van der Waals surface area contributed by atoms with Crippen molar-refractivity contribution in [1.82, 2.24) is 39.5 Å². The number of carboxylic acids is 1. The number of ether oxygens (including phenoxy) is 1. The summed E-state index contributed by atoms with van der Waals surface area (Å²) in [6.45, 7) is 9.25. The third kappa shape index (κ3) is 11.9. The number of carboxylic acid groups (broad SMARTS) is 1. The first-order valence-electron chi connectivity index (χ1n) is 19.5. The van der Waals surface area contributed by atoms with Crippen LogP contribution in [-0.2, 0) is 50.2 Å². The van der Waals surface area contributed by atoms with E-state index in [1.807, 2.05) is 42.5 Å². The van der Waals surface area contributed by atoms with E-state index in [9.17, 15) is 9.59 Å². The highest BCUT2D eigenvalue weighted by Crippen LogP contribution is 2.26. The Morgan fingerprint density at radius 3 is 2.28 bits per heavy atom. The Morgan fingerprint density at radius 1 is 0.950 bits per heavy atom. The van der Waals surface area contributed by atoms with Crippen molar-refractivity contribution in [2.45, 2.75) is 91.5 Å². The van der Waals surface area contributed by atoms with Gasteiger partial charge in [0.2, 0.25) is 0 Å². The monoisotopic (exact) mass is 827 g/mol. The number of nitrogen functional groups attached to an aromatic ring is 1. The van der Waals surface area contributed by atoms with Crippen LogP contribution in [0.5, 0.6) is 0 Å². The van der Waals surface area contributed by atoms with Gasteiger partial charge in [0.25, 0.3) is 5.91 Å². The maximum Gasteiger partial charge on any atom is 0.356 e. The Labute approximate surface area is 351 Å². The fourth-order valence-corrected chi connectivity index (χ4v) is 7.62. The number of hydrogen-bond donors (Lipinski definition) is 4. The van der Waals surface area contributed by atoms with Gasteiger partial charge in [0.15, 0.2) is 11.4 Å². The van der Waals surface area contributed by atoms with Crippen molar-refractivity contribution in [3.8, 4) is 18.4 Å². The Bertz CT molecular complexity index is 2490. The predicted octanol–water partition coefficient (Wildman–Crippen LogP) is 6.78. The summed E-state index contributed by atoms with van der Waals surface area (Å²) in [7, 11) is -1.08. The van der Waals surface area contributed by atoms with Crippen molar-refractivity contribution in [2.75, 3.05) is 17.7 Å². The molecule has 4 aromatic heterocycles. The molecule has 60 heavy (non-hydrogen) atoms. The molecule has 0 saturated heterocycles. The number of aryl methyl sites for hydroxylation is 1. The van der Waals surface area contributed by atoms with Crippen molar-refractivity contribution < 1.29 is 19.4 Å². The van der Waals surface area contributed by atoms with Crippen molar-refractivity contribution in [3.05, 3.63) is 129 Å². The minimum absolute atomic E-state index is 0. The molecule has 2 aliphatic rings. The van der Waals surface area contributed by atoms with Crippen LogP contribution in [0.1, 0.15) is 86.0 Å². The Hall–Kier alpha value is -6.75. The van der Waals surface area contributed by atoms with Crippen LogP contribution in [0.15, 0.2) is 73.3 Å². The highest BCUT2D eigenvalue weighted by molar-refractivity contribution is 6.76. The lowest BCUT2D eigenvalue weighted by atomic mass is 10.1. The van der Waals surface area contributed by atoms with Crippen LogP contribution >= 0.6 is 0 Å². The number of carbonyl (C=O) groups is 2. The van der Waals surface area contributed by atoms with Gasteiger partial charge in [-0.2, -0.15) is 25.7 Å². The fraction of sp³-hybridized carbons (Fsp3) is 0.341. The van der Waals surface area contributed by atoms with Gasteiger partial charge in [-0.15, -0.1) is 6.42 Å². The van der Waals surface area contributed by atoms with Gasteiger partial charge in [-0.25, -0.2) is 9.48 Å². The Kier molecular flexibility index (Phi) is 15.0. The third-order valence-corrected chi connectivity index (χ3v) is 11.5. The second-order valence-corrected chi connectivity index (χ2v) is 21.3. The lowest BCUT2D eigenvalue weighted by Crippen LogP contribution is -2.22. The summed E-state index contributed by atoms with van der Waals surface area (Å²) in [4.78, 5) is 23.5. The fourth-order valence-electron chi connectivity index (χ4n) is 6.87. The number of hydrogen-bond acceptors (Lipinski definition) is 9. The zero-order chi connectivity index (χ0) is 41.9. The van der Waals surface area contributed by atoms with E-state index in [4.69, 9.17) is 27.3 Å². The number of aromatic carboxylic acids is 1. The van der Waals surface area contributed by atoms with Gasteiger partial charge < -0.3 is 20.9 Å². The van der Waals surface area contributed by atoms with Crippen LogP contribution in [0.2, 0.25) is 25.7 Å². The number of rotatable bonds is 12. The summed E-state index contributed by atoms with van der Waals surface area (Å²) in [5.74, 6) is 1.46. The number of H-pyrrole nitrogens is 1. The van der Waals surface area contributed by atoms with Crippen LogP contribution in [-0.4, -0.2) is 71.2 Å². The molecule has 2 aromatic carbocycles. The van der Waals surface area contributed by atoms with E-state index >= 15 is 0 Å². The maximum atomic E-state index is 12.4. The molecule has 0 bridgehead atoms. The van der Waals surface area contributed by atoms with Crippen LogP contribution in [0.25, 0.3) is 0 Å². The molecule has 6 aromatic rings. The second kappa shape index (κ2) is 20.3. The maximum absolute atomic E-state index is 12.4. The quantitative estimate of drug-likeness (QED) is 0.0578.